The van der Waals surface area contributed by atoms with Crippen molar-refractivity contribution in [2.75, 3.05) is 26.3 Å². The van der Waals surface area contributed by atoms with Crippen molar-refractivity contribution in [3.05, 3.63) is 16.3 Å². The third kappa shape index (κ3) is 3.90. The predicted octanol–water partition coefficient (Wildman–Crippen LogP) is 3.39. The van der Waals surface area contributed by atoms with Gasteiger partial charge in [-0.3, -0.25) is 4.90 Å². The van der Waals surface area contributed by atoms with Crippen LogP contribution in [0.5, 0.6) is 0 Å². The van der Waals surface area contributed by atoms with Crippen LogP contribution in [0.3, 0.4) is 0 Å². The number of morpholine rings is 1. The summed E-state index contributed by atoms with van der Waals surface area (Å²) in [6, 6.07) is 0.406. The maximum absolute atomic E-state index is 5.47. The minimum atomic E-state index is 0.406. The van der Waals surface area contributed by atoms with Gasteiger partial charge in [-0.15, -0.1) is 16.4 Å². The molecule has 1 aliphatic heterocycles. The topological polar surface area (TPSA) is 81.8 Å². The van der Waals surface area contributed by atoms with Gasteiger partial charge in [0, 0.05) is 23.4 Å². The molecule has 1 saturated carbocycles. The first-order valence-electron chi connectivity index (χ1n) is 10.2. The molecule has 0 bridgehead atoms. The Morgan fingerprint density at radius 1 is 1.14 bits per heavy atom. The summed E-state index contributed by atoms with van der Waals surface area (Å²) in [7, 11) is 0. The minimum absolute atomic E-state index is 0.406. The van der Waals surface area contributed by atoms with E-state index in [1.165, 1.54) is 23.3 Å². The number of ether oxygens (including phenoxy) is 1. The summed E-state index contributed by atoms with van der Waals surface area (Å²) in [5.41, 5.74) is 1.25. The number of rotatable bonds is 5. The lowest BCUT2D eigenvalue weighted by Crippen LogP contribution is -2.36. The van der Waals surface area contributed by atoms with Gasteiger partial charge in [0.25, 0.3) is 0 Å². The van der Waals surface area contributed by atoms with Crippen molar-refractivity contribution in [1.82, 2.24) is 35.1 Å². The third-order valence-electron chi connectivity index (χ3n) is 5.83. The lowest BCUT2D eigenvalue weighted by Gasteiger charge is -2.25. The molecule has 154 valence electrons. The van der Waals surface area contributed by atoms with Gasteiger partial charge in [-0.25, -0.2) is 14.6 Å². The van der Waals surface area contributed by atoms with E-state index in [9.17, 15) is 0 Å². The van der Waals surface area contributed by atoms with E-state index in [0.29, 0.717) is 6.04 Å². The van der Waals surface area contributed by atoms with E-state index in [-0.39, 0.29) is 0 Å². The fourth-order valence-corrected chi connectivity index (χ4v) is 6.22. The fraction of sp³-hybridized carbons (Fsp3) is 0.632. The van der Waals surface area contributed by atoms with E-state index in [0.717, 1.165) is 71.9 Å². The van der Waals surface area contributed by atoms with Gasteiger partial charge < -0.3 is 4.74 Å². The number of fused-ring (bicyclic) bond motifs is 1. The Hall–Kier alpha value is -1.62. The van der Waals surface area contributed by atoms with E-state index in [1.54, 1.807) is 23.1 Å². The molecule has 0 atom stereocenters. The number of thiophene rings is 1. The molecule has 2 fully saturated rings. The van der Waals surface area contributed by atoms with Gasteiger partial charge >= 0.3 is 0 Å². The van der Waals surface area contributed by atoms with E-state index in [4.69, 9.17) is 14.7 Å². The van der Waals surface area contributed by atoms with Gasteiger partial charge in [0.15, 0.2) is 0 Å². The number of hydrogen-bond donors (Lipinski definition) is 0. The highest BCUT2D eigenvalue weighted by Crippen LogP contribution is 2.39. The molecule has 4 heterocycles. The Kier molecular flexibility index (Phi) is 5.51. The maximum atomic E-state index is 5.47. The summed E-state index contributed by atoms with van der Waals surface area (Å²) in [6.07, 6.45) is 4.80. The standard InChI is InChI=1S/C19H25N7OS2/c1-12-13(2)28-17-16(12)18(21-15(20-17)11-25-7-9-27-10-8-25)29-19-22-23-24-26(19)14-5-3-4-6-14/h14H,3-11H2,1-2H3. The Bertz CT molecular complexity index is 1010. The van der Waals surface area contributed by atoms with Gasteiger partial charge in [-0.1, -0.05) is 12.8 Å². The highest BCUT2D eigenvalue weighted by molar-refractivity contribution is 7.99. The summed E-state index contributed by atoms with van der Waals surface area (Å²) in [5.74, 6) is 0.864. The first-order chi connectivity index (χ1) is 14.2. The molecule has 3 aromatic rings. The average Bonchev–Trinajstić information content (AvgIpc) is 3.44. The largest absolute Gasteiger partial charge is 0.379 e. The first kappa shape index (κ1) is 19.3. The minimum Gasteiger partial charge on any atom is -0.379 e. The molecule has 8 nitrogen and oxygen atoms in total. The molecule has 0 spiro atoms. The van der Waals surface area contributed by atoms with E-state index >= 15 is 0 Å². The zero-order valence-electron chi connectivity index (χ0n) is 16.8. The molecular weight excluding hydrogens is 406 g/mol. The van der Waals surface area contributed by atoms with E-state index < -0.39 is 0 Å². The number of aryl methyl sites for hydroxylation is 2. The van der Waals surface area contributed by atoms with Gasteiger partial charge in [-0.05, 0) is 54.4 Å². The summed E-state index contributed by atoms with van der Waals surface area (Å²) >= 11 is 3.33. The quantitative estimate of drug-likeness (QED) is 0.569. The second-order valence-electron chi connectivity index (χ2n) is 7.74. The number of aromatic nitrogens is 6. The molecule has 1 aliphatic carbocycles. The molecule has 0 N–H and O–H groups in total. The van der Waals surface area contributed by atoms with Crippen molar-refractivity contribution >= 4 is 33.3 Å². The van der Waals surface area contributed by atoms with Crippen LogP contribution in [-0.2, 0) is 11.3 Å². The van der Waals surface area contributed by atoms with Crippen LogP contribution in [0.4, 0.5) is 0 Å². The van der Waals surface area contributed by atoms with Gasteiger partial charge in [0.1, 0.15) is 15.7 Å². The second-order valence-corrected chi connectivity index (χ2v) is 9.90. The first-order valence-corrected chi connectivity index (χ1v) is 11.8. The smallest absolute Gasteiger partial charge is 0.215 e. The fourth-order valence-electron chi connectivity index (χ4n) is 4.08. The molecule has 0 aromatic carbocycles. The summed E-state index contributed by atoms with van der Waals surface area (Å²) in [6.45, 7) is 8.45. The molecule has 0 amide bonds. The number of nitrogens with zero attached hydrogens (tertiary/aromatic N) is 7. The average molecular weight is 432 g/mol. The van der Waals surface area contributed by atoms with Crippen LogP contribution in [0.25, 0.3) is 10.2 Å². The van der Waals surface area contributed by atoms with E-state index in [2.05, 4.69) is 34.3 Å². The number of tetrazole rings is 1. The van der Waals surface area contributed by atoms with Gasteiger partial charge in [0.05, 0.1) is 25.8 Å². The lowest BCUT2D eigenvalue weighted by atomic mass is 10.2. The molecular formula is C19H25N7OS2. The summed E-state index contributed by atoms with van der Waals surface area (Å²) < 4.78 is 7.47. The molecule has 29 heavy (non-hydrogen) atoms. The lowest BCUT2D eigenvalue weighted by molar-refractivity contribution is 0.0330. The normalized spacial score (nSPS) is 18.8. The van der Waals surface area contributed by atoms with Crippen molar-refractivity contribution in [3.8, 4) is 0 Å². The molecule has 2 aliphatic rings. The van der Waals surface area contributed by atoms with Crippen LogP contribution >= 0.6 is 23.1 Å². The molecule has 0 unspecified atom stereocenters. The van der Waals surface area contributed by atoms with Gasteiger partial charge in [-0.2, -0.15) is 0 Å². The van der Waals surface area contributed by atoms with Crippen LogP contribution in [-0.4, -0.2) is 61.4 Å². The van der Waals surface area contributed by atoms with Crippen LogP contribution in [0, 0.1) is 13.8 Å². The molecule has 3 aromatic heterocycles. The molecule has 0 radical (unpaired) electrons. The third-order valence-corrected chi connectivity index (χ3v) is 7.87. The Balaban J connectivity index is 1.50. The predicted molar refractivity (Wildman–Crippen MR) is 112 cm³/mol. The molecule has 1 saturated heterocycles. The van der Waals surface area contributed by atoms with Crippen LogP contribution in [0.1, 0.15) is 48.0 Å². The van der Waals surface area contributed by atoms with Crippen LogP contribution in [0.2, 0.25) is 0 Å². The zero-order chi connectivity index (χ0) is 19.8. The van der Waals surface area contributed by atoms with Gasteiger partial charge in [0.2, 0.25) is 5.16 Å². The summed E-state index contributed by atoms with van der Waals surface area (Å²) in [5, 5.41) is 15.5. The monoisotopic (exact) mass is 431 g/mol. The van der Waals surface area contributed by atoms with E-state index in [1.807, 2.05) is 4.68 Å². The highest BCUT2D eigenvalue weighted by atomic mass is 32.2. The van der Waals surface area contributed by atoms with Crippen LogP contribution in [0.15, 0.2) is 10.2 Å². The second kappa shape index (κ2) is 8.25. The SMILES string of the molecule is Cc1sc2nc(CN3CCOCC3)nc(Sc3nnnn3C3CCCC3)c2c1C. The Morgan fingerprint density at radius 3 is 2.72 bits per heavy atom. The maximum Gasteiger partial charge on any atom is 0.215 e. The Morgan fingerprint density at radius 2 is 1.93 bits per heavy atom. The zero-order valence-corrected chi connectivity index (χ0v) is 18.4. The Labute approximate surface area is 178 Å². The molecule has 5 rings (SSSR count). The summed E-state index contributed by atoms with van der Waals surface area (Å²) in [4.78, 5) is 14.6. The van der Waals surface area contributed by atoms with Crippen molar-refractivity contribution in [1.29, 1.82) is 0 Å². The molecule has 10 heteroatoms. The van der Waals surface area contributed by atoms with Crippen molar-refractivity contribution in [3.63, 3.8) is 0 Å². The highest BCUT2D eigenvalue weighted by Gasteiger charge is 2.24. The van der Waals surface area contributed by atoms with Crippen LogP contribution < -0.4 is 0 Å². The van der Waals surface area contributed by atoms with Crippen molar-refractivity contribution in [2.45, 2.75) is 62.3 Å². The van der Waals surface area contributed by atoms with Crippen molar-refractivity contribution < 1.29 is 4.74 Å². The van der Waals surface area contributed by atoms with Crippen molar-refractivity contribution in [2.24, 2.45) is 0 Å². The number of hydrogen-bond acceptors (Lipinski definition) is 9.